The molecule has 2 aliphatic rings. The molecule has 1 aromatic heterocycles. The van der Waals surface area contributed by atoms with Crippen molar-refractivity contribution in [3.63, 3.8) is 0 Å². The molecule has 0 spiro atoms. The minimum atomic E-state index is -0.0858. The number of nitrogens with zero attached hydrogens (tertiary/aromatic N) is 3. The summed E-state index contributed by atoms with van der Waals surface area (Å²) >= 11 is 0. The van der Waals surface area contributed by atoms with Crippen LogP contribution in [0.3, 0.4) is 0 Å². The Balaban J connectivity index is 1.60. The number of aromatic amines is 1. The third-order valence-electron chi connectivity index (χ3n) is 6.32. The van der Waals surface area contributed by atoms with E-state index in [-0.39, 0.29) is 11.4 Å². The van der Waals surface area contributed by atoms with E-state index in [1.165, 1.54) is 12.0 Å². The molecule has 3 heterocycles. The van der Waals surface area contributed by atoms with Crippen molar-refractivity contribution in [2.75, 3.05) is 20.1 Å². The first-order valence-corrected chi connectivity index (χ1v) is 9.64. The summed E-state index contributed by atoms with van der Waals surface area (Å²) in [5.41, 5.74) is 3.58. The molecule has 2 aliphatic heterocycles. The lowest BCUT2D eigenvalue weighted by Crippen LogP contribution is -2.66. The molecule has 5 nitrogen and oxygen atoms in total. The number of likely N-dealkylation sites (tertiary alicyclic amines) is 2. The van der Waals surface area contributed by atoms with E-state index < -0.39 is 0 Å². The van der Waals surface area contributed by atoms with Gasteiger partial charge in [-0.2, -0.15) is 5.10 Å². The van der Waals surface area contributed by atoms with Crippen molar-refractivity contribution in [3.05, 3.63) is 41.6 Å². The van der Waals surface area contributed by atoms with Gasteiger partial charge < -0.3 is 9.80 Å². The number of aromatic nitrogens is 2. The van der Waals surface area contributed by atoms with Crippen LogP contribution in [0.2, 0.25) is 0 Å². The number of piperidine rings is 2. The first-order valence-electron chi connectivity index (χ1n) is 9.64. The molecule has 0 aliphatic carbocycles. The topological polar surface area (TPSA) is 52.2 Å². The van der Waals surface area contributed by atoms with Gasteiger partial charge in [0.1, 0.15) is 5.69 Å². The van der Waals surface area contributed by atoms with Crippen molar-refractivity contribution in [2.45, 2.75) is 51.1 Å². The van der Waals surface area contributed by atoms with Crippen LogP contribution in [0.25, 0.3) is 11.3 Å². The summed E-state index contributed by atoms with van der Waals surface area (Å²) < 4.78 is 0. The normalized spacial score (nSPS) is 26.6. The molecule has 0 bridgehead atoms. The van der Waals surface area contributed by atoms with Crippen LogP contribution in [0.1, 0.15) is 48.7 Å². The van der Waals surface area contributed by atoms with E-state index in [9.17, 15) is 4.79 Å². The molecular weight excluding hydrogens is 324 g/mol. The van der Waals surface area contributed by atoms with Gasteiger partial charge in [0, 0.05) is 18.2 Å². The molecule has 2 atom stereocenters. The predicted octanol–water partition coefficient (Wildman–Crippen LogP) is 3.47. The molecule has 138 valence electrons. The van der Waals surface area contributed by atoms with Crippen LogP contribution in [0, 0.1) is 6.92 Å². The molecule has 0 unspecified atom stereocenters. The SMILES string of the molecule is Cc1ccc(-c2cc(C(=O)N3CCC[C@@H]4N(C)CCC[C@@]43C)[nH]n2)cc1. The number of carbonyl (C=O) groups excluding carboxylic acids is 1. The van der Waals surface area contributed by atoms with E-state index in [4.69, 9.17) is 0 Å². The van der Waals surface area contributed by atoms with Crippen LogP contribution in [0.5, 0.6) is 0 Å². The van der Waals surface area contributed by atoms with E-state index in [1.54, 1.807) is 0 Å². The highest BCUT2D eigenvalue weighted by Gasteiger charge is 2.48. The summed E-state index contributed by atoms with van der Waals surface area (Å²) in [6, 6.07) is 10.6. The number of rotatable bonds is 2. The molecule has 1 amide bonds. The lowest BCUT2D eigenvalue weighted by Gasteiger charge is -2.55. The van der Waals surface area contributed by atoms with Crippen molar-refractivity contribution in [1.82, 2.24) is 20.0 Å². The molecule has 5 heteroatoms. The van der Waals surface area contributed by atoms with Crippen molar-refractivity contribution < 1.29 is 4.79 Å². The molecule has 4 rings (SSSR count). The number of H-pyrrole nitrogens is 1. The average Bonchev–Trinajstić information content (AvgIpc) is 3.11. The maximum Gasteiger partial charge on any atom is 0.272 e. The Morgan fingerprint density at radius 3 is 2.77 bits per heavy atom. The number of hydrogen-bond donors (Lipinski definition) is 1. The molecule has 1 aromatic carbocycles. The summed E-state index contributed by atoms with van der Waals surface area (Å²) in [7, 11) is 2.20. The number of nitrogens with one attached hydrogen (secondary N) is 1. The third kappa shape index (κ3) is 2.84. The Labute approximate surface area is 155 Å². The Kier molecular flexibility index (Phi) is 4.35. The largest absolute Gasteiger partial charge is 0.330 e. The van der Waals surface area contributed by atoms with Gasteiger partial charge in [0.2, 0.25) is 0 Å². The van der Waals surface area contributed by atoms with E-state index in [0.29, 0.717) is 11.7 Å². The van der Waals surface area contributed by atoms with Gasteiger partial charge in [-0.3, -0.25) is 9.89 Å². The van der Waals surface area contributed by atoms with Crippen molar-refractivity contribution in [3.8, 4) is 11.3 Å². The van der Waals surface area contributed by atoms with E-state index in [0.717, 1.165) is 43.6 Å². The monoisotopic (exact) mass is 352 g/mol. The zero-order chi connectivity index (χ0) is 18.3. The van der Waals surface area contributed by atoms with Gasteiger partial charge in [-0.05, 0) is 59.2 Å². The summed E-state index contributed by atoms with van der Waals surface area (Å²) in [5, 5.41) is 7.38. The first-order chi connectivity index (χ1) is 12.5. The van der Waals surface area contributed by atoms with Crippen LogP contribution in [0.4, 0.5) is 0 Å². The van der Waals surface area contributed by atoms with Crippen molar-refractivity contribution in [2.24, 2.45) is 0 Å². The second-order valence-electron chi connectivity index (χ2n) is 8.09. The Morgan fingerprint density at radius 1 is 1.23 bits per heavy atom. The molecular formula is C21H28N4O. The minimum absolute atomic E-state index is 0.0818. The van der Waals surface area contributed by atoms with Crippen LogP contribution >= 0.6 is 0 Å². The Bertz CT molecular complexity index is 797. The number of amides is 1. The number of aryl methyl sites for hydroxylation is 1. The Hall–Kier alpha value is -2.14. The lowest BCUT2D eigenvalue weighted by atomic mass is 9.76. The zero-order valence-corrected chi connectivity index (χ0v) is 16.0. The number of hydrogen-bond acceptors (Lipinski definition) is 3. The fourth-order valence-electron chi connectivity index (χ4n) is 4.81. The average molecular weight is 352 g/mol. The summed E-state index contributed by atoms with van der Waals surface area (Å²) in [5.74, 6) is 0.0818. The third-order valence-corrected chi connectivity index (χ3v) is 6.32. The standard InChI is InChI=1S/C21H28N4O/c1-15-7-9-16(10-8-15)17-14-18(23-22-17)20(26)25-13-4-6-19-21(25,2)11-5-12-24(19)3/h7-10,14,19H,4-6,11-13H2,1-3H3,(H,22,23)/t19-,21-/m0/s1. The molecule has 0 radical (unpaired) electrons. The number of carbonyl (C=O) groups is 1. The van der Waals surface area contributed by atoms with Gasteiger partial charge in [0.05, 0.1) is 11.2 Å². The highest BCUT2D eigenvalue weighted by Crippen LogP contribution is 2.39. The van der Waals surface area contributed by atoms with E-state index >= 15 is 0 Å². The molecule has 26 heavy (non-hydrogen) atoms. The minimum Gasteiger partial charge on any atom is -0.330 e. The first kappa shape index (κ1) is 17.3. The number of fused-ring (bicyclic) bond motifs is 1. The van der Waals surface area contributed by atoms with Crippen LogP contribution in [0.15, 0.2) is 30.3 Å². The second-order valence-corrected chi connectivity index (χ2v) is 8.09. The number of benzene rings is 1. The number of likely N-dealkylation sites (N-methyl/N-ethyl adjacent to an activating group) is 1. The molecule has 2 saturated heterocycles. The van der Waals surface area contributed by atoms with Crippen molar-refractivity contribution >= 4 is 5.91 Å². The van der Waals surface area contributed by atoms with Gasteiger partial charge in [0.25, 0.3) is 5.91 Å². The molecule has 2 fully saturated rings. The maximum atomic E-state index is 13.3. The van der Waals surface area contributed by atoms with E-state index in [2.05, 4.69) is 53.0 Å². The summed E-state index contributed by atoms with van der Waals surface area (Å²) in [6.07, 6.45) is 4.46. The fourth-order valence-corrected chi connectivity index (χ4v) is 4.81. The maximum absolute atomic E-state index is 13.3. The van der Waals surface area contributed by atoms with Gasteiger partial charge in [-0.1, -0.05) is 29.8 Å². The molecule has 1 N–H and O–H groups in total. The van der Waals surface area contributed by atoms with Crippen molar-refractivity contribution in [1.29, 1.82) is 0 Å². The smallest absolute Gasteiger partial charge is 0.272 e. The zero-order valence-electron chi connectivity index (χ0n) is 16.0. The van der Waals surface area contributed by atoms with Gasteiger partial charge in [-0.15, -0.1) is 0 Å². The summed E-state index contributed by atoms with van der Waals surface area (Å²) in [4.78, 5) is 17.8. The predicted molar refractivity (Wildman–Crippen MR) is 103 cm³/mol. The highest BCUT2D eigenvalue weighted by molar-refractivity contribution is 5.94. The van der Waals surface area contributed by atoms with Gasteiger partial charge >= 0.3 is 0 Å². The second kappa shape index (κ2) is 6.54. The van der Waals surface area contributed by atoms with Gasteiger partial charge in [0.15, 0.2) is 0 Å². The highest BCUT2D eigenvalue weighted by atomic mass is 16.2. The fraction of sp³-hybridized carbons (Fsp3) is 0.524. The molecule has 0 saturated carbocycles. The van der Waals surface area contributed by atoms with Gasteiger partial charge in [-0.25, -0.2) is 0 Å². The van der Waals surface area contributed by atoms with E-state index in [1.807, 2.05) is 18.2 Å². The van der Waals surface area contributed by atoms with Crippen LogP contribution < -0.4 is 0 Å². The lowest BCUT2D eigenvalue weighted by molar-refractivity contribution is -0.0348. The quantitative estimate of drug-likeness (QED) is 0.900. The van der Waals surface area contributed by atoms with Crippen LogP contribution in [-0.4, -0.2) is 57.6 Å². The summed E-state index contributed by atoms with van der Waals surface area (Å²) in [6.45, 7) is 6.29. The van der Waals surface area contributed by atoms with Crippen LogP contribution in [-0.2, 0) is 0 Å². The Morgan fingerprint density at radius 2 is 2.00 bits per heavy atom. The molecule has 2 aromatic rings.